The Labute approximate surface area is 96.5 Å². The third-order valence-electron chi connectivity index (χ3n) is 2.44. The number of benzene rings is 1. The van der Waals surface area contributed by atoms with Gasteiger partial charge in [0.1, 0.15) is 5.82 Å². The molecule has 3 heteroatoms. The van der Waals surface area contributed by atoms with Gasteiger partial charge in [-0.1, -0.05) is 26.0 Å². The molecule has 2 N–H and O–H groups in total. The summed E-state index contributed by atoms with van der Waals surface area (Å²) in [6, 6.07) is 6.82. The summed E-state index contributed by atoms with van der Waals surface area (Å²) < 4.78 is 12.6. The molecule has 0 spiro atoms. The lowest BCUT2D eigenvalue weighted by atomic mass is 10.1. The first-order valence-corrected chi connectivity index (χ1v) is 5.74. The largest absolute Gasteiger partial charge is 0.392 e. The summed E-state index contributed by atoms with van der Waals surface area (Å²) in [6.07, 6.45) is 1.14. The van der Waals surface area contributed by atoms with Crippen LogP contribution in [0.25, 0.3) is 0 Å². The van der Waals surface area contributed by atoms with Gasteiger partial charge >= 0.3 is 0 Å². The Morgan fingerprint density at radius 1 is 1.25 bits per heavy atom. The average molecular weight is 225 g/mol. The number of rotatable bonds is 6. The van der Waals surface area contributed by atoms with Gasteiger partial charge in [-0.3, -0.25) is 0 Å². The van der Waals surface area contributed by atoms with E-state index in [1.807, 2.05) is 13.8 Å². The maximum absolute atomic E-state index is 12.6. The average Bonchev–Trinajstić information content (AvgIpc) is 2.25. The molecule has 90 valence electrons. The molecule has 0 radical (unpaired) electrons. The van der Waals surface area contributed by atoms with E-state index in [-0.39, 0.29) is 11.9 Å². The maximum atomic E-state index is 12.6. The van der Waals surface area contributed by atoms with Crippen LogP contribution in [0.2, 0.25) is 0 Å². The van der Waals surface area contributed by atoms with Crippen molar-refractivity contribution < 1.29 is 9.50 Å². The summed E-state index contributed by atoms with van der Waals surface area (Å²) in [4.78, 5) is 0. The third kappa shape index (κ3) is 5.24. The standard InChI is InChI=1S/C13H20FNO/c1-10(2)15-9-13(16)8-5-11-3-6-12(14)7-4-11/h3-4,6-7,10,13,15-16H,5,8-9H2,1-2H3. The second-order valence-corrected chi connectivity index (χ2v) is 4.38. The molecular weight excluding hydrogens is 205 g/mol. The highest BCUT2D eigenvalue weighted by atomic mass is 19.1. The summed E-state index contributed by atoms with van der Waals surface area (Å²) >= 11 is 0. The zero-order valence-corrected chi connectivity index (χ0v) is 9.91. The fourth-order valence-corrected chi connectivity index (χ4v) is 1.46. The summed E-state index contributed by atoms with van der Waals surface area (Å²) in [6.45, 7) is 4.71. The Morgan fingerprint density at radius 3 is 2.44 bits per heavy atom. The van der Waals surface area contributed by atoms with Crippen molar-refractivity contribution in [2.24, 2.45) is 0 Å². The molecule has 16 heavy (non-hydrogen) atoms. The second kappa shape index (κ2) is 6.61. The van der Waals surface area contributed by atoms with Crippen molar-refractivity contribution >= 4 is 0 Å². The van der Waals surface area contributed by atoms with Gasteiger partial charge in [0.25, 0.3) is 0 Å². The Morgan fingerprint density at radius 2 is 1.88 bits per heavy atom. The van der Waals surface area contributed by atoms with Crippen molar-refractivity contribution in [3.8, 4) is 0 Å². The molecule has 0 fully saturated rings. The van der Waals surface area contributed by atoms with Crippen LogP contribution in [0.5, 0.6) is 0 Å². The highest BCUT2D eigenvalue weighted by Gasteiger charge is 2.05. The number of nitrogens with one attached hydrogen (secondary N) is 1. The molecule has 1 atom stereocenters. The minimum absolute atomic E-state index is 0.217. The van der Waals surface area contributed by atoms with Crippen LogP contribution < -0.4 is 5.32 Å². The molecule has 1 aromatic carbocycles. The normalized spacial score (nSPS) is 13.1. The van der Waals surface area contributed by atoms with Crippen molar-refractivity contribution in [1.29, 1.82) is 0 Å². The molecule has 1 unspecified atom stereocenters. The van der Waals surface area contributed by atoms with Crippen LogP contribution in [-0.2, 0) is 6.42 Å². The lowest BCUT2D eigenvalue weighted by Gasteiger charge is -2.13. The quantitative estimate of drug-likeness (QED) is 0.777. The van der Waals surface area contributed by atoms with Crippen molar-refractivity contribution in [1.82, 2.24) is 5.32 Å². The monoisotopic (exact) mass is 225 g/mol. The van der Waals surface area contributed by atoms with Gasteiger partial charge in [0.2, 0.25) is 0 Å². The van der Waals surface area contributed by atoms with Gasteiger partial charge in [-0.25, -0.2) is 4.39 Å². The number of aliphatic hydroxyl groups excluding tert-OH is 1. The van der Waals surface area contributed by atoms with Gasteiger partial charge in [-0.05, 0) is 30.5 Å². The van der Waals surface area contributed by atoms with E-state index in [9.17, 15) is 9.50 Å². The van der Waals surface area contributed by atoms with Crippen LogP contribution in [-0.4, -0.2) is 23.8 Å². The van der Waals surface area contributed by atoms with Gasteiger partial charge in [-0.15, -0.1) is 0 Å². The summed E-state index contributed by atoms with van der Waals surface area (Å²) in [7, 11) is 0. The number of aliphatic hydroxyl groups is 1. The molecule has 0 saturated carbocycles. The molecule has 0 aromatic heterocycles. The lowest BCUT2D eigenvalue weighted by Crippen LogP contribution is -2.32. The second-order valence-electron chi connectivity index (χ2n) is 4.38. The van der Waals surface area contributed by atoms with Crippen LogP contribution >= 0.6 is 0 Å². The molecule has 0 amide bonds. The van der Waals surface area contributed by atoms with Gasteiger partial charge in [0.05, 0.1) is 6.10 Å². The Bertz CT molecular complexity index is 297. The zero-order valence-electron chi connectivity index (χ0n) is 9.91. The van der Waals surface area contributed by atoms with E-state index < -0.39 is 0 Å². The van der Waals surface area contributed by atoms with E-state index in [0.29, 0.717) is 19.0 Å². The number of halogens is 1. The fraction of sp³-hybridized carbons (Fsp3) is 0.538. The van der Waals surface area contributed by atoms with E-state index in [1.54, 1.807) is 12.1 Å². The Kier molecular flexibility index (Phi) is 5.43. The van der Waals surface area contributed by atoms with E-state index in [0.717, 1.165) is 12.0 Å². The Hall–Kier alpha value is -0.930. The van der Waals surface area contributed by atoms with Gasteiger partial charge in [-0.2, -0.15) is 0 Å². The first kappa shape index (κ1) is 13.1. The van der Waals surface area contributed by atoms with Gasteiger partial charge in [0, 0.05) is 12.6 Å². The summed E-state index contributed by atoms with van der Waals surface area (Å²) in [5.74, 6) is -0.217. The van der Waals surface area contributed by atoms with Crippen molar-refractivity contribution in [3.05, 3.63) is 35.6 Å². The van der Waals surface area contributed by atoms with Gasteiger partial charge < -0.3 is 10.4 Å². The molecule has 1 aromatic rings. The van der Waals surface area contributed by atoms with Gasteiger partial charge in [0.15, 0.2) is 0 Å². The molecule has 0 aliphatic rings. The van der Waals surface area contributed by atoms with Crippen LogP contribution in [0.4, 0.5) is 4.39 Å². The predicted molar refractivity (Wildman–Crippen MR) is 63.9 cm³/mol. The van der Waals surface area contributed by atoms with E-state index in [4.69, 9.17) is 0 Å². The van der Waals surface area contributed by atoms with Crippen LogP contribution in [0.1, 0.15) is 25.8 Å². The molecule has 0 bridgehead atoms. The third-order valence-corrected chi connectivity index (χ3v) is 2.44. The highest BCUT2D eigenvalue weighted by molar-refractivity contribution is 5.16. The maximum Gasteiger partial charge on any atom is 0.123 e. The topological polar surface area (TPSA) is 32.3 Å². The SMILES string of the molecule is CC(C)NCC(O)CCc1ccc(F)cc1. The van der Waals surface area contributed by atoms with Crippen LogP contribution in [0, 0.1) is 5.82 Å². The first-order chi connectivity index (χ1) is 7.58. The first-order valence-electron chi connectivity index (χ1n) is 5.74. The van der Waals surface area contributed by atoms with Crippen molar-refractivity contribution in [3.63, 3.8) is 0 Å². The molecule has 2 nitrogen and oxygen atoms in total. The molecular formula is C13H20FNO. The predicted octanol–water partition coefficient (Wildman–Crippen LogP) is 2.12. The number of aryl methyl sites for hydroxylation is 1. The minimum atomic E-state index is -0.340. The lowest BCUT2D eigenvalue weighted by molar-refractivity contribution is 0.159. The molecule has 0 aliphatic heterocycles. The van der Waals surface area contributed by atoms with Crippen LogP contribution in [0.15, 0.2) is 24.3 Å². The van der Waals surface area contributed by atoms with E-state index in [1.165, 1.54) is 12.1 Å². The smallest absolute Gasteiger partial charge is 0.123 e. The molecule has 1 rings (SSSR count). The zero-order chi connectivity index (χ0) is 12.0. The van der Waals surface area contributed by atoms with E-state index >= 15 is 0 Å². The van der Waals surface area contributed by atoms with Crippen LogP contribution in [0.3, 0.4) is 0 Å². The minimum Gasteiger partial charge on any atom is -0.392 e. The Balaban J connectivity index is 2.26. The fourth-order valence-electron chi connectivity index (χ4n) is 1.46. The summed E-state index contributed by atoms with van der Waals surface area (Å²) in [5, 5.41) is 12.9. The molecule has 0 aliphatic carbocycles. The van der Waals surface area contributed by atoms with Crippen molar-refractivity contribution in [2.45, 2.75) is 38.8 Å². The van der Waals surface area contributed by atoms with E-state index in [2.05, 4.69) is 5.32 Å². The molecule has 0 saturated heterocycles. The van der Waals surface area contributed by atoms with Crippen molar-refractivity contribution in [2.75, 3.05) is 6.54 Å². The highest BCUT2D eigenvalue weighted by Crippen LogP contribution is 2.07. The summed E-state index contributed by atoms with van der Waals surface area (Å²) in [5.41, 5.74) is 1.06. The number of hydrogen-bond acceptors (Lipinski definition) is 2. The molecule has 0 heterocycles. The number of hydrogen-bond donors (Lipinski definition) is 2.